The van der Waals surface area contributed by atoms with Gasteiger partial charge in [-0.15, -0.1) is 0 Å². The first-order valence-electron chi connectivity index (χ1n) is 11.1. The van der Waals surface area contributed by atoms with Crippen LogP contribution in [0.25, 0.3) is 10.9 Å². The molecule has 34 heavy (non-hydrogen) atoms. The van der Waals surface area contributed by atoms with Crippen molar-refractivity contribution < 1.29 is 27.8 Å². The van der Waals surface area contributed by atoms with Crippen molar-refractivity contribution in [3.8, 4) is 0 Å². The van der Waals surface area contributed by atoms with Crippen molar-refractivity contribution in [2.24, 2.45) is 0 Å². The number of para-hydroxylation sites is 1. The van der Waals surface area contributed by atoms with Gasteiger partial charge >= 0.3 is 6.09 Å². The lowest BCUT2D eigenvalue weighted by molar-refractivity contribution is -0.0681. The van der Waals surface area contributed by atoms with Gasteiger partial charge in [-0.05, 0) is 58.9 Å². The van der Waals surface area contributed by atoms with Crippen LogP contribution in [0.15, 0.2) is 65.6 Å². The van der Waals surface area contributed by atoms with Gasteiger partial charge in [-0.2, -0.15) is 0 Å². The topological polar surface area (TPSA) is 98.1 Å². The van der Waals surface area contributed by atoms with Gasteiger partial charge in [0.15, 0.2) is 0 Å². The maximum absolute atomic E-state index is 13.7. The Bertz CT molecular complexity index is 1310. The summed E-state index contributed by atoms with van der Waals surface area (Å²) >= 11 is 0. The smallest absolute Gasteiger partial charge is 0.413 e. The van der Waals surface area contributed by atoms with Crippen molar-refractivity contribution in [2.75, 3.05) is 6.61 Å². The van der Waals surface area contributed by atoms with E-state index in [9.17, 15) is 18.3 Å². The van der Waals surface area contributed by atoms with Gasteiger partial charge in [-0.3, -0.25) is 4.90 Å². The van der Waals surface area contributed by atoms with E-state index in [1.807, 2.05) is 0 Å². The van der Waals surface area contributed by atoms with Gasteiger partial charge < -0.3 is 14.6 Å². The number of hydrogen-bond acceptors (Lipinski definition) is 6. The Morgan fingerprint density at radius 2 is 1.74 bits per heavy atom. The van der Waals surface area contributed by atoms with Crippen molar-refractivity contribution in [3.63, 3.8) is 0 Å². The number of hydrogen-bond donors (Lipinski definition) is 1. The van der Waals surface area contributed by atoms with E-state index in [4.69, 9.17) is 9.47 Å². The molecular weight excluding hydrogens is 456 g/mol. The number of fused-ring (bicyclic) bond motifs is 1. The largest absolute Gasteiger partial charge is 0.444 e. The third-order valence-corrected chi connectivity index (χ3v) is 7.51. The van der Waals surface area contributed by atoms with Crippen molar-refractivity contribution >= 4 is 27.0 Å². The fraction of sp³-hybridized carbons (Fsp3) is 0.400. The zero-order valence-electron chi connectivity index (χ0n) is 19.9. The zero-order valence-corrected chi connectivity index (χ0v) is 20.7. The molecule has 182 valence electrons. The molecule has 1 N–H and O–H groups in total. The first-order valence-corrected chi connectivity index (χ1v) is 12.5. The second-order valence-corrected chi connectivity index (χ2v) is 11.6. The van der Waals surface area contributed by atoms with Gasteiger partial charge in [0.2, 0.25) is 0 Å². The number of benzene rings is 2. The Kier molecular flexibility index (Phi) is 6.00. The molecule has 1 amide bonds. The monoisotopic (exact) mass is 486 g/mol. The summed E-state index contributed by atoms with van der Waals surface area (Å²) in [6.07, 6.45) is -2.01. The minimum Gasteiger partial charge on any atom is -0.444 e. The third-order valence-electron chi connectivity index (χ3n) is 5.75. The minimum absolute atomic E-state index is 0.0142. The van der Waals surface area contributed by atoms with Crippen molar-refractivity contribution in [1.29, 1.82) is 0 Å². The molecular formula is C25H30N2O6S. The summed E-state index contributed by atoms with van der Waals surface area (Å²) in [5.41, 5.74) is -1.23. The maximum atomic E-state index is 13.7. The summed E-state index contributed by atoms with van der Waals surface area (Å²) in [5.74, 6) is 0. The van der Waals surface area contributed by atoms with E-state index >= 15 is 0 Å². The fourth-order valence-electron chi connectivity index (χ4n) is 4.25. The zero-order chi connectivity index (χ0) is 24.9. The van der Waals surface area contributed by atoms with Crippen LogP contribution in [0.2, 0.25) is 0 Å². The van der Waals surface area contributed by atoms with Crippen LogP contribution in [0, 0.1) is 0 Å². The third kappa shape index (κ3) is 4.31. The number of amides is 1. The predicted octanol–water partition coefficient (Wildman–Crippen LogP) is 4.28. The molecule has 0 radical (unpaired) electrons. The summed E-state index contributed by atoms with van der Waals surface area (Å²) in [5, 5.41) is 12.2. The molecule has 1 aromatic heterocycles. The molecule has 0 bridgehead atoms. The normalized spacial score (nSPS) is 19.4. The molecule has 2 heterocycles. The van der Waals surface area contributed by atoms with Crippen LogP contribution < -0.4 is 0 Å². The number of carbonyl (C=O) groups is 1. The van der Waals surface area contributed by atoms with Crippen LogP contribution in [-0.4, -0.2) is 52.5 Å². The first-order chi connectivity index (χ1) is 15.8. The molecule has 2 aromatic carbocycles. The standard InChI is InChI=1S/C25H30N2O6S/c1-24(2,3)33-23(29)26-21(16-32-25(26,4)5)22(28)20-15-17-11-9-10-14-19(17)27(20)34(30,31)18-12-7-6-8-13-18/h6-15,21-22,28H,16H2,1-5H3/t21-,22-/m0/s1. The average molecular weight is 487 g/mol. The molecule has 4 rings (SSSR count). The predicted molar refractivity (Wildman–Crippen MR) is 128 cm³/mol. The van der Waals surface area contributed by atoms with Crippen LogP contribution >= 0.6 is 0 Å². The lowest BCUT2D eigenvalue weighted by atomic mass is 10.1. The molecule has 8 nitrogen and oxygen atoms in total. The average Bonchev–Trinajstić information content (AvgIpc) is 3.30. The van der Waals surface area contributed by atoms with Crippen LogP contribution in [0.4, 0.5) is 4.79 Å². The van der Waals surface area contributed by atoms with Gasteiger partial charge in [0.25, 0.3) is 10.0 Å². The number of nitrogens with zero attached hydrogens (tertiary/aromatic N) is 2. The van der Waals surface area contributed by atoms with Gasteiger partial charge in [0.1, 0.15) is 17.4 Å². The molecule has 1 fully saturated rings. The second-order valence-electron chi connectivity index (χ2n) is 9.83. The summed E-state index contributed by atoms with van der Waals surface area (Å²) in [6, 6.07) is 15.8. The Balaban J connectivity index is 1.84. The molecule has 2 atom stereocenters. The Morgan fingerprint density at radius 1 is 1.12 bits per heavy atom. The van der Waals surface area contributed by atoms with Crippen LogP contribution in [-0.2, 0) is 19.5 Å². The number of rotatable bonds is 4. The molecule has 1 aliphatic heterocycles. The molecule has 1 aliphatic rings. The lowest BCUT2D eigenvalue weighted by Gasteiger charge is -2.36. The van der Waals surface area contributed by atoms with E-state index in [1.54, 1.807) is 83.1 Å². The van der Waals surface area contributed by atoms with Crippen molar-refractivity contribution in [1.82, 2.24) is 8.87 Å². The summed E-state index contributed by atoms with van der Waals surface area (Å²) in [4.78, 5) is 14.5. The van der Waals surface area contributed by atoms with Gasteiger partial charge in [-0.1, -0.05) is 36.4 Å². The van der Waals surface area contributed by atoms with Crippen LogP contribution in [0.5, 0.6) is 0 Å². The van der Waals surface area contributed by atoms with E-state index in [2.05, 4.69) is 0 Å². The molecule has 0 spiro atoms. The maximum Gasteiger partial charge on any atom is 0.413 e. The Hall–Kier alpha value is -2.88. The summed E-state index contributed by atoms with van der Waals surface area (Å²) in [6.45, 7) is 8.69. The quantitative estimate of drug-likeness (QED) is 0.591. The molecule has 1 saturated heterocycles. The Morgan fingerprint density at radius 3 is 2.38 bits per heavy atom. The van der Waals surface area contributed by atoms with E-state index in [0.717, 1.165) is 3.97 Å². The van der Waals surface area contributed by atoms with E-state index in [1.165, 1.54) is 17.0 Å². The lowest BCUT2D eigenvalue weighted by Crippen LogP contribution is -2.51. The molecule has 0 saturated carbocycles. The highest BCUT2D eigenvalue weighted by Crippen LogP contribution is 2.38. The van der Waals surface area contributed by atoms with Crippen molar-refractivity contribution in [3.05, 3.63) is 66.4 Å². The van der Waals surface area contributed by atoms with E-state index in [0.29, 0.717) is 10.9 Å². The highest BCUT2D eigenvalue weighted by Gasteiger charge is 2.49. The van der Waals surface area contributed by atoms with Crippen LogP contribution in [0.3, 0.4) is 0 Å². The van der Waals surface area contributed by atoms with Crippen molar-refractivity contribution in [2.45, 2.75) is 63.0 Å². The van der Waals surface area contributed by atoms with Gasteiger partial charge in [0, 0.05) is 5.39 Å². The highest BCUT2D eigenvalue weighted by atomic mass is 32.2. The number of aliphatic hydroxyl groups is 1. The van der Waals surface area contributed by atoms with Gasteiger partial charge in [0.05, 0.1) is 28.8 Å². The highest BCUT2D eigenvalue weighted by molar-refractivity contribution is 7.90. The van der Waals surface area contributed by atoms with Crippen LogP contribution in [0.1, 0.15) is 46.4 Å². The Labute approximate surface area is 199 Å². The van der Waals surface area contributed by atoms with E-state index < -0.39 is 39.6 Å². The fourth-order valence-corrected chi connectivity index (χ4v) is 5.83. The summed E-state index contributed by atoms with van der Waals surface area (Å²) in [7, 11) is -4.04. The molecule has 0 unspecified atom stereocenters. The SMILES string of the molecule is CC(C)(C)OC(=O)N1[C@H]([C@@H](O)c2cc3ccccc3n2S(=O)(=O)c2ccccc2)COC1(C)C. The summed E-state index contributed by atoms with van der Waals surface area (Å²) < 4.78 is 39.9. The number of aromatic nitrogens is 1. The number of carbonyl (C=O) groups excluding carboxylic acids is 1. The number of ether oxygens (including phenoxy) is 2. The molecule has 3 aromatic rings. The number of aliphatic hydroxyl groups excluding tert-OH is 1. The molecule has 9 heteroatoms. The second kappa shape index (κ2) is 8.41. The van der Waals surface area contributed by atoms with E-state index in [-0.39, 0.29) is 17.2 Å². The first kappa shape index (κ1) is 24.3. The molecule has 0 aliphatic carbocycles. The minimum atomic E-state index is -4.04. The van der Waals surface area contributed by atoms with Gasteiger partial charge in [-0.25, -0.2) is 17.2 Å².